The fraction of sp³-hybridized carbons (Fsp3) is 0.214. The predicted octanol–water partition coefficient (Wildman–Crippen LogP) is 6.79. The van der Waals surface area contributed by atoms with E-state index in [1.165, 1.54) is 5.56 Å². The van der Waals surface area contributed by atoms with E-state index in [0.717, 1.165) is 16.7 Å². The smallest absolute Gasteiger partial charge is 0.338 e. The molecule has 0 aromatic heterocycles. The molecule has 1 N–H and O–H groups in total. The molecule has 1 aliphatic heterocycles. The second-order valence-corrected chi connectivity index (χ2v) is 9.57. The zero-order chi connectivity index (χ0) is 24.5. The van der Waals surface area contributed by atoms with Crippen LogP contribution in [0.5, 0.6) is 5.75 Å². The molecular formula is C28H26BrNO4. The lowest BCUT2D eigenvalue weighted by Gasteiger charge is -2.32. The number of carbonyl (C=O) groups excluding carboxylic acids is 2. The molecule has 5 nitrogen and oxygen atoms in total. The van der Waals surface area contributed by atoms with Crippen molar-refractivity contribution in [3.8, 4) is 5.75 Å². The summed E-state index contributed by atoms with van der Waals surface area (Å²) in [5.74, 6) is 0.0521. The third-order valence-electron chi connectivity index (χ3n) is 5.47. The van der Waals surface area contributed by atoms with E-state index in [0.29, 0.717) is 33.6 Å². The Kier molecular flexibility index (Phi) is 6.62. The number of carbonyl (C=O) groups is 2. The van der Waals surface area contributed by atoms with Crippen molar-refractivity contribution in [2.24, 2.45) is 0 Å². The quantitative estimate of drug-likeness (QED) is 0.377. The lowest BCUT2D eigenvalue weighted by atomic mass is 9.88. The zero-order valence-electron chi connectivity index (χ0n) is 19.6. The number of amides is 1. The number of rotatable bonds is 5. The predicted molar refractivity (Wildman–Crippen MR) is 137 cm³/mol. The molecule has 0 aliphatic carbocycles. The first-order chi connectivity index (χ1) is 16.2. The van der Waals surface area contributed by atoms with Gasteiger partial charge in [-0.15, -0.1) is 0 Å². The molecule has 0 spiro atoms. The van der Waals surface area contributed by atoms with Crippen molar-refractivity contribution in [3.63, 3.8) is 0 Å². The van der Waals surface area contributed by atoms with Gasteiger partial charge in [0.15, 0.2) is 0 Å². The van der Waals surface area contributed by atoms with Crippen molar-refractivity contribution in [3.05, 3.63) is 99.0 Å². The standard InChI is InChI=1S/C28H26BrNO4/c1-5-33-27(32)19-10-12-21(13-11-19)30-26(31)20-14-22-23(18-8-6-17(2)7-9-18)16-28(3,4)34-25(22)24(29)15-20/h6-16H,5H2,1-4H3,(H,30,31). The van der Waals surface area contributed by atoms with Crippen LogP contribution >= 0.6 is 15.9 Å². The molecule has 0 fully saturated rings. The molecular weight excluding hydrogens is 494 g/mol. The molecule has 3 aromatic rings. The second kappa shape index (κ2) is 9.47. The summed E-state index contributed by atoms with van der Waals surface area (Å²) in [6.07, 6.45) is 2.09. The number of benzene rings is 3. The van der Waals surface area contributed by atoms with Crippen molar-refractivity contribution >= 4 is 39.1 Å². The zero-order valence-corrected chi connectivity index (χ0v) is 21.2. The first-order valence-electron chi connectivity index (χ1n) is 11.1. The Bertz CT molecular complexity index is 1280. The van der Waals surface area contributed by atoms with Crippen molar-refractivity contribution in [1.82, 2.24) is 0 Å². The highest BCUT2D eigenvalue weighted by atomic mass is 79.9. The van der Waals surface area contributed by atoms with Gasteiger partial charge in [-0.2, -0.15) is 0 Å². The Balaban J connectivity index is 1.65. The highest BCUT2D eigenvalue weighted by Gasteiger charge is 2.30. The van der Waals surface area contributed by atoms with Gasteiger partial charge in [-0.25, -0.2) is 4.79 Å². The summed E-state index contributed by atoms with van der Waals surface area (Å²) in [5.41, 5.74) is 5.10. The average molecular weight is 520 g/mol. The van der Waals surface area contributed by atoms with Crippen LogP contribution in [0, 0.1) is 6.92 Å². The highest BCUT2D eigenvalue weighted by Crippen LogP contribution is 2.44. The minimum Gasteiger partial charge on any atom is -0.482 e. The number of hydrogen-bond donors (Lipinski definition) is 1. The number of aryl methyl sites for hydroxylation is 1. The maximum Gasteiger partial charge on any atom is 0.338 e. The van der Waals surface area contributed by atoms with Crippen molar-refractivity contribution in [1.29, 1.82) is 0 Å². The average Bonchev–Trinajstić information content (AvgIpc) is 2.80. The molecule has 0 saturated heterocycles. The number of nitrogens with one attached hydrogen (secondary N) is 1. The number of ether oxygens (including phenoxy) is 2. The SMILES string of the molecule is CCOC(=O)c1ccc(NC(=O)c2cc(Br)c3c(c2)C(c2ccc(C)cc2)=CC(C)(C)O3)cc1. The summed E-state index contributed by atoms with van der Waals surface area (Å²) in [6.45, 7) is 8.14. The van der Waals surface area contributed by atoms with Gasteiger partial charge in [0.1, 0.15) is 11.4 Å². The molecule has 3 aromatic carbocycles. The first kappa shape index (κ1) is 23.8. The lowest BCUT2D eigenvalue weighted by Crippen LogP contribution is -2.29. The Morgan fingerprint density at radius 3 is 2.32 bits per heavy atom. The molecule has 0 atom stereocenters. The topological polar surface area (TPSA) is 64.6 Å². The van der Waals surface area contributed by atoms with Crippen LogP contribution in [0.1, 0.15) is 58.2 Å². The van der Waals surface area contributed by atoms with Crippen LogP contribution in [0.25, 0.3) is 5.57 Å². The monoisotopic (exact) mass is 519 g/mol. The van der Waals surface area contributed by atoms with Crippen LogP contribution in [0.4, 0.5) is 5.69 Å². The summed E-state index contributed by atoms with van der Waals surface area (Å²) >= 11 is 3.61. The van der Waals surface area contributed by atoms with E-state index in [4.69, 9.17) is 9.47 Å². The van der Waals surface area contributed by atoms with E-state index in [9.17, 15) is 9.59 Å². The maximum absolute atomic E-state index is 13.1. The van der Waals surface area contributed by atoms with Crippen molar-refractivity contribution in [2.45, 2.75) is 33.3 Å². The van der Waals surface area contributed by atoms with Gasteiger partial charge >= 0.3 is 5.97 Å². The molecule has 0 saturated carbocycles. The van der Waals surface area contributed by atoms with Crippen molar-refractivity contribution in [2.75, 3.05) is 11.9 Å². The second-order valence-electron chi connectivity index (χ2n) is 8.72. The van der Waals surface area contributed by atoms with Crippen LogP contribution in [0.2, 0.25) is 0 Å². The van der Waals surface area contributed by atoms with Gasteiger partial charge in [0, 0.05) is 16.8 Å². The molecule has 0 unspecified atom stereocenters. The largest absolute Gasteiger partial charge is 0.482 e. The Morgan fingerprint density at radius 1 is 1.00 bits per heavy atom. The number of esters is 1. The van der Waals surface area contributed by atoms with Crippen LogP contribution < -0.4 is 10.1 Å². The molecule has 1 heterocycles. The summed E-state index contributed by atoms with van der Waals surface area (Å²) in [6, 6.07) is 18.5. The molecule has 34 heavy (non-hydrogen) atoms. The summed E-state index contributed by atoms with van der Waals surface area (Å²) in [4.78, 5) is 25.0. The van der Waals surface area contributed by atoms with Crippen LogP contribution in [-0.2, 0) is 4.74 Å². The summed E-state index contributed by atoms with van der Waals surface area (Å²) < 4.78 is 11.9. The van der Waals surface area contributed by atoms with Crippen molar-refractivity contribution < 1.29 is 19.1 Å². The van der Waals surface area contributed by atoms with Gasteiger partial charge in [0.05, 0.1) is 16.6 Å². The normalized spacial score (nSPS) is 13.9. The van der Waals surface area contributed by atoms with Gasteiger partial charge in [0.2, 0.25) is 0 Å². The van der Waals surface area contributed by atoms with Crippen LogP contribution in [0.3, 0.4) is 0 Å². The fourth-order valence-corrected chi connectivity index (χ4v) is 4.37. The van der Waals surface area contributed by atoms with Gasteiger partial charge in [-0.3, -0.25) is 4.79 Å². The Labute approximate surface area is 207 Å². The van der Waals surface area contributed by atoms with E-state index < -0.39 is 11.6 Å². The van der Waals surface area contributed by atoms with Gasteiger partial charge in [-0.1, -0.05) is 29.8 Å². The van der Waals surface area contributed by atoms with Crippen LogP contribution in [0.15, 0.2) is 71.2 Å². The first-order valence-corrected chi connectivity index (χ1v) is 11.9. The molecule has 0 radical (unpaired) electrons. The number of fused-ring (bicyclic) bond motifs is 1. The van der Waals surface area contributed by atoms with E-state index in [1.807, 2.05) is 19.9 Å². The third-order valence-corrected chi connectivity index (χ3v) is 6.06. The van der Waals surface area contributed by atoms with Crippen LogP contribution in [-0.4, -0.2) is 24.1 Å². The van der Waals surface area contributed by atoms with Gasteiger partial charge < -0.3 is 14.8 Å². The van der Waals surface area contributed by atoms with Gasteiger partial charge in [0.25, 0.3) is 5.91 Å². The Hall–Kier alpha value is -3.38. The molecule has 0 bridgehead atoms. The summed E-state index contributed by atoms with van der Waals surface area (Å²) in [7, 11) is 0. The van der Waals surface area contributed by atoms with E-state index >= 15 is 0 Å². The minimum atomic E-state index is -0.500. The minimum absolute atomic E-state index is 0.263. The molecule has 6 heteroatoms. The molecule has 4 rings (SSSR count). The molecule has 1 amide bonds. The van der Waals surface area contributed by atoms with E-state index in [-0.39, 0.29) is 5.91 Å². The fourth-order valence-electron chi connectivity index (χ4n) is 3.83. The lowest BCUT2D eigenvalue weighted by molar-refractivity contribution is 0.0526. The molecule has 174 valence electrons. The molecule has 1 aliphatic rings. The summed E-state index contributed by atoms with van der Waals surface area (Å²) in [5, 5.41) is 2.90. The Morgan fingerprint density at radius 2 is 1.68 bits per heavy atom. The number of hydrogen-bond acceptors (Lipinski definition) is 4. The number of anilines is 1. The maximum atomic E-state index is 13.1. The highest BCUT2D eigenvalue weighted by molar-refractivity contribution is 9.10. The van der Waals surface area contributed by atoms with Gasteiger partial charge in [-0.05, 0) is 97.2 Å². The van der Waals surface area contributed by atoms with E-state index in [2.05, 4.69) is 58.5 Å². The van der Waals surface area contributed by atoms with E-state index in [1.54, 1.807) is 37.3 Å². The number of halogens is 1. The third kappa shape index (κ3) is 5.07.